The first kappa shape index (κ1) is 17.2. The van der Waals surface area contributed by atoms with Crippen molar-refractivity contribution < 1.29 is 19.7 Å². The van der Waals surface area contributed by atoms with Gasteiger partial charge in [0, 0.05) is 6.54 Å². The van der Waals surface area contributed by atoms with Gasteiger partial charge in [0.1, 0.15) is 0 Å². The standard InChI is InChI=1S/C17H19NO4.ClH/c1-21-15-4-3-11(8-16(15)22-2)17-12-9-14(20)13(19)7-10(12)5-6-18-17;/h3-4,7-9,17-20H,5-6H2,1-2H3;1H. The molecule has 2 aromatic rings. The van der Waals surface area contributed by atoms with Crippen LogP contribution in [0.5, 0.6) is 23.0 Å². The molecule has 0 radical (unpaired) electrons. The number of nitrogens with one attached hydrogen (secondary N) is 1. The van der Waals surface area contributed by atoms with Crippen molar-refractivity contribution in [2.45, 2.75) is 12.5 Å². The Morgan fingerprint density at radius 2 is 1.70 bits per heavy atom. The van der Waals surface area contributed by atoms with E-state index in [1.54, 1.807) is 26.4 Å². The number of ether oxygens (including phenoxy) is 2. The average Bonchev–Trinajstić information content (AvgIpc) is 2.54. The zero-order chi connectivity index (χ0) is 15.7. The maximum atomic E-state index is 9.80. The van der Waals surface area contributed by atoms with Crippen LogP contribution in [-0.2, 0) is 6.42 Å². The molecule has 5 nitrogen and oxygen atoms in total. The number of halogens is 1. The number of benzene rings is 2. The fourth-order valence-electron chi connectivity index (χ4n) is 2.91. The topological polar surface area (TPSA) is 71.0 Å². The Bertz CT molecular complexity index is 705. The lowest BCUT2D eigenvalue weighted by atomic mass is 9.89. The van der Waals surface area contributed by atoms with Gasteiger partial charge in [-0.2, -0.15) is 0 Å². The second-order valence-electron chi connectivity index (χ2n) is 5.29. The van der Waals surface area contributed by atoms with Gasteiger partial charge in [-0.1, -0.05) is 6.07 Å². The van der Waals surface area contributed by atoms with Crippen LogP contribution >= 0.6 is 12.4 Å². The SMILES string of the molecule is COc1ccc(C2NCCc3cc(O)c(O)cc32)cc1OC.Cl. The van der Waals surface area contributed by atoms with Crippen LogP contribution in [0.25, 0.3) is 0 Å². The summed E-state index contributed by atoms with van der Waals surface area (Å²) < 4.78 is 10.6. The molecule has 0 fully saturated rings. The summed E-state index contributed by atoms with van der Waals surface area (Å²) in [5.41, 5.74) is 3.02. The number of phenols is 2. The van der Waals surface area contributed by atoms with E-state index in [0.717, 1.165) is 29.7 Å². The summed E-state index contributed by atoms with van der Waals surface area (Å²) in [7, 11) is 3.21. The van der Waals surface area contributed by atoms with Gasteiger partial charge in [0.25, 0.3) is 0 Å². The van der Waals surface area contributed by atoms with E-state index >= 15 is 0 Å². The van der Waals surface area contributed by atoms with Crippen molar-refractivity contribution in [2.24, 2.45) is 0 Å². The summed E-state index contributed by atoms with van der Waals surface area (Å²) >= 11 is 0. The molecule has 0 aliphatic carbocycles. The van der Waals surface area contributed by atoms with Crippen molar-refractivity contribution in [2.75, 3.05) is 20.8 Å². The van der Waals surface area contributed by atoms with Crippen LogP contribution in [0.4, 0.5) is 0 Å². The molecule has 124 valence electrons. The molecule has 1 aliphatic heterocycles. The number of aromatic hydroxyl groups is 2. The van der Waals surface area contributed by atoms with Gasteiger partial charge in [-0.15, -0.1) is 12.4 Å². The van der Waals surface area contributed by atoms with Crippen molar-refractivity contribution in [1.82, 2.24) is 5.32 Å². The van der Waals surface area contributed by atoms with Gasteiger partial charge >= 0.3 is 0 Å². The van der Waals surface area contributed by atoms with Crippen LogP contribution in [0.1, 0.15) is 22.7 Å². The molecule has 2 aromatic carbocycles. The van der Waals surface area contributed by atoms with Crippen LogP contribution in [0, 0.1) is 0 Å². The van der Waals surface area contributed by atoms with Gasteiger partial charge in [0.05, 0.1) is 20.3 Å². The second-order valence-corrected chi connectivity index (χ2v) is 5.29. The van der Waals surface area contributed by atoms with Gasteiger partial charge < -0.3 is 25.0 Å². The fraction of sp³-hybridized carbons (Fsp3) is 0.294. The highest BCUT2D eigenvalue weighted by atomic mass is 35.5. The third-order valence-corrected chi connectivity index (χ3v) is 4.03. The monoisotopic (exact) mass is 337 g/mol. The minimum absolute atomic E-state index is 0. The first-order chi connectivity index (χ1) is 10.6. The number of methoxy groups -OCH3 is 2. The summed E-state index contributed by atoms with van der Waals surface area (Å²) in [5.74, 6) is 1.16. The van der Waals surface area contributed by atoms with E-state index < -0.39 is 0 Å². The van der Waals surface area contributed by atoms with Gasteiger partial charge in [0.15, 0.2) is 23.0 Å². The lowest BCUT2D eigenvalue weighted by molar-refractivity contribution is 0.354. The molecule has 23 heavy (non-hydrogen) atoms. The molecular weight excluding hydrogens is 318 g/mol. The Hall–Kier alpha value is -2.11. The van der Waals surface area contributed by atoms with Crippen LogP contribution in [0.2, 0.25) is 0 Å². The lowest BCUT2D eigenvalue weighted by Crippen LogP contribution is -2.30. The molecule has 1 atom stereocenters. The Morgan fingerprint density at radius 3 is 2.39 bits per heavy atom. The van der Waals surface area contributed by atoms with E-state index in [1.807, 2.05) is 18.2 Å². The minimum Gasteiger partial charge on any atom is -0.504 e. The fourth-order valence-corrected chi connectivity index (χ4v) is 2.91. The molecule has 1 unspecified atom stereocenters. The molecule has 6 heteroatoms. The predicted molar refractivity (Wildman–Crippen MR) is 90.1 cm³/mol. The molecule has 3 N–H and O–H groups in total. The normalized spacial score (nSPS) is 16.2. The van der Waals surface area contributed by atoms with E-state index in [-0.39, 0.29) is 29.9 Å². The maximum absolute atomic E-state index is 9.80. The van der Waals surface area contributed by atoms with Crippen molar-refractivity contribution in [3.63, 3.8) is 0 Å². The number of phenolic OH excluding ortho intramolecular Hbond substituents is 2. The highest BCUT2D eigenvalue weighted by Crippen LogP contribution is 2.38. The summed E-state index contributed by atoms with van der Waals surface area (Å²) in [6, 6.07) is 8.96. The van der Waals surface area contributed by atoms with Crippen molar-refractivity contribution in [3.8, 4) is 23.0 Å². The van der Waals surface area contributed by atoms with Crippen molar-refractivity contribution >= 4 is 12.4 Å². The zero-order valence-electron chi connectivity index (χ0n) is 13.0. The van der Waals surface area contributed by atoms with E-state index in [9.17, 15) is 10.2 Å². The van der Waals surface area contributed by atoms with E-state index in [1.165, 1.54) is 0 Å². The zero-order valence-corrected chi connectivity index (χ0v) is 13.8. The number of hydrogen-bond donors (Lipinski definition) is 3. The quantitative estimate of drug-likeness (QED) is 0.751. The van der Waals surface area contributed by atoms with Gasteiger partial charge in [0.2, 0.25) is 0 Å². The van der Waals surface area contributed by atoms with Gasteiger partial charge in [-0.3, -0.25) is 0 Å². The third-order valence-electron chi connectivity index (χ3n) is 4.03. The highest BCUT2D eigenvalue weighted by molar-refractivity contribution is 5.85. The Kier molecular flexibility index (Phi) is 5.23. The molecule has 0 saturated heterocycles. The van der Waals surface area contributed by atoms with Gasteiger partial charge in [-0.25, -0.2) is 0 Å². The predicted octanol–water partition coefficient (Wildman–Crippen LogP) is 2.77. The third kappa shape index (κ3) is 3.16. The van der Waals surface area contributed by atoms with Crippen molar-refractivity contribution in [3.05, 3.63) is 47.0 Å². The highest BCUT2D eigenvalue weighted by Gasteiger charge is 2.24. The molecular formula is C17H20ClNO4. The molecule has 0 aromatic heterocycles. The molecule has 0 bridgehead atoms. The van der Waals surface area contributed by atoms with Gasteiger partial charge in [-0.05, 0) is 47.4 Å². The van der Waals surface area contributed by atoms with Crippen molar-refractivity contribution in [1.29, 1.82) is 0 Å². The molecule has 0 spiro atoms. The summed E-state index contributed by atoms with van der Waals surface area (Å²) in [4.78, 5) is 0. The lowest BCUT2D eigenvalue weighted by Gasteiger charge is -2.28. The summed E-state index contributed by atoms with van der Waals surface area (Å²) in [6.45, 7) is 0.802. The number of hydrogen-bond acceptors (Lipinski definition) is 5. The Balaban J connectivity index is 0.00000192. The molecule has 1 aliphatic rings. The number of fused-ring (bicyclic) bond motifs is 1. The molecule has 3 rings (SSSR count). The summed E-state index contributed by atoms with van der Waals surface area (Å²) in [5, 5.41) is 22.9. The molecule has 1 heterocycles. The molecule has 0 saturated carbocycles. The first-order valence-electron chi connectivity index (χ1n) is 7.14. The smallest absolute Gasteiger partial charge is 0.161 e. The van der Waals surface area contributed by atoms with E-state index in [2.05, 4.69) is 5.32 Å². The van der Waals surface area contributed by atoms with E-state index in [4.69, 9.17) is 9.47 Å². The second kappa shape index (κ2) is 6.98. The van der Waals surface area contributed by atoms with Crippen LogP contribution < -0.4 is 14.8 Å². The number of rotatable bonds is 3. The first-order valence-corrected chi connectivity index (χ1v) is 7.14. The largest absolute Gasteiger partial charge is 0.504 e. The Labute approximate surface area is 141 Å². The Morgan fingerprint density at radius 1 is 1.00 bits per heavy atom. The van der Waals surface area contributed by atoms with Crippen LogP contribution in [0.15, 0.2) is 30.3 Å². The minimum atomic E-state index is -0.104. The van der Waals surface area contributed by atoms with E-state index in [0.29, 0.717) is 11.5 Å². The average molecular weight is 338 g/mol. The van der Waals surface area contributed by atoms with Crippen LogP contribution in [-0.4, -0.2) is 31.0 Å². The summed E-state index contributed by atoms with van der Waals surface area (Å²) in [6.07, 6.45) is 0.812. The maximum Gasteiger partial charge on any atom is 0.161 e. The van der Waals surface area contributed by atoms with Crippen LogP contribution in [0.3, 0.4) is 0 Å². The molecule has 0 amide bonds.